The number of aryl methyl sites for hydroxylation is 1. The quantitative estimate of drug-likeness (QED) is 0.937. The van der Waals surface area contributed by atoms with Gasteiger partial charge in [-0.2, -0.15) is 5.10 Å². The molecule has 0 bridgehead atoms. The molecule has 24 heavy (non-hydrogen) atoms. The van der Waals surface area contributed by atoms with E-state index in [1.807, 2.05) is 42.2 Å². The van der Waals surface area contributed by atoms with E-state index in [0.717, 1.165) is 36.6 Å². The monoisotopic (exact) mass is 326 g/mol. The molecule has 0 spiro atoms. The van der Waals surface area contributed by atoms with Crippen molar-refractivity contribution in [3.63, 3.8) is 0 Å². The molecule has 2 aliphatic heterocycles. The van der Waals surface area contributed by atoms with Gasteiger partial charge in [-0.3, -0.25) is 9.89 Å². The number of amides is 1. The average Bonchev–Trinajstić information content (AvgIpc) is 3.20. The molecule has 1 amide bonds. The lowest BCUT2D eigenvalue weighted by Crippen LogP contribution is -2.45. The number of piperidine rings is 1. The van der Waals surface area contributed by atoms with Crippen LogP contribution in [0.2, 0.25) is 0 Å². The third kappa shape index (κ3) is 3.06. The maximum atomic E-state index is 12.6. The van der Waals surface area contributed by atoms with Crippen molar-refractivity contribution in [2.24, 2.45) is 5.92 Å². The summed E-state index contributed by atoms with van der Waals surface area (Å²) in [7, 11) is 0. The van der Waals surface area contributed by atoms with E-state index in [1.54, 1.807) is 0 Å². The van der Waals surface area contributed by atoms with Gasteiger partial charge >= 0.3 is 0 Å². The Morgan fingerprint density at radius 2 is 2.21 bits per heavy atom. The lowest BCUT2D eigenvalue weighted by molar-refractivity contribution is -0.135. The van der Waals surface area contributed by atoms with Gasteiger partial charge in [0.25, 0.3) is 0 Å². The van der Waals surface area contributed by atoms with Gasteiger partial charge in [0.1, 0.15) is 11.9 Å². The smallest absolute Gasteiger partial charge is 0.227 e. The topological polar surface area (TPSA) is 71.1 Å². The van der Waals surface area contributed by atoms with Gasteiger partial charge in [-0.15, -0.1) is 0 Å². The van der Waals surface area contributed by atoms with E-state index in [1.165, 1.54) is 0 Å². The Morgan fingerprint density at radius 1 is 1.38 bits per heavy atom. The van der Waals surface area contributed by atoms with E-state index in [4.69, 9.17) is 4.74 Å². The molecule has 2 fully saturated rings. The normalized spacial score (nSPS) is 26.4. The molecule has 2 saturated heterocycles. The van der Waals surface area contributed by atoms with Crippen LogP contribution >= 0.6 is 0 Å². The average molecular weight is 326 g/mol. The molecule has 0 aliphatic carbocycles. The lowest BCUT2D eigenvalue weighted by atomic mass is 9.91. The Bertz CT molecular complexity index is 715. The van der Waals surface area contributed by atoms with Crippen LogP contribution in [0.1, 0.15) is 36.2 Å². The third-order valence-corrected chi connectivity index (χ3v) is 5.01. The fraction of sp³-hybridized carbons (Fsp3) is 0.500. The van der Waals surface area contributed by atoms with E-state index in [9.17, 15) is 4.79 Å². The molecule has 0 unspecified atom stereocenters. The fourth-order valence-corrected chi connectivity index (χ4v) is 3.71. The predicted octanol–water partition coefficient (Wildman–Crippen LogP) is 2.03. The molecule has 0 radical (unpaired) electrons. The number of rotatable bonds is 3. The number of carbonyl (C=O) groups is 1. The van der Waals surface area contributed by atoms with Gasteiger partial charge in [0, 0.05) is 13.1 Å². The second-order valence-corrected chi connectivity index (χ2v) is 6.73. The van der Waals surface area contributed by atoms with Gasteiger partial charge in [-0.1, -0.05) is 30.3 Å². The first-order valence-corrected chi connectivity index (χ1v) is 8.55. The van der Waals surface area contributed by atoms with Crippen molar-refractivity contribution in [2.45, 2.75) is 38.4 Å². The SMILES string of the molecule is Cc1nc([C@@H]2C[C@H]3CCN(C(=O)Cc4ccccc4)C[C@@H]3O2)n[nH]1. The minimum Gasteiger partial charge on any atom is -0.365 e. The lowest BCUT2D eigenvalue weighted by Gasteiger charge is -2.34. The molecule has 3 atom stereocenters. The van der Waals surface area contributed by atoms with Crippen LogP contribution in [0.5, 0.6) is 0 Å². The van der Waals surface area contributed by atoms with Crippen LogP contribution in [0.3, 0.4) is 0 Å². The van der Waals surface area contributed by atoms with Crippen LogP contribution in [0.4, 0.5) is 0 Å². The molecule has 0 saturated carbocycles. The van der Waals surface area contributed by atoms with E-state index < -0.39 is 0 Å². The summed E-state index contributed by atoms with van der Waals surface area (Å²) >= 11 is 0. The van der Waals surface area contributed by atoms with Crippen molar-refractivity contribution >= 4 is 5.91 Å². The van der Waals surface area contributed by atoms with Gasteiger partial charge in [-0.25, -0.2) is 4.98 Å². The van der Waals surface area contributed by atoms with Crippen LogP contribution < -0.4 is 0 Å². The number of nitrogens with one attached hydrogen (secondary N) is 1. The van der Waals surface area contributed by atoms with Crippen molar-refractivity contribution in [1.82, 2.24) is 20.1 Å². The number of likely N-dealkylation sites (tertiary alicyclic amines) is 1. The van der Waals surface area contributed by atoms with E-state index in [0.29, 0.717) is 18.9 Å². The zero-order valence-electron chi connectivity index (χ0n) is 13.8. The molecule has 6 heteroatoms. The number of aromatic amines is 1. The molecular weight excluding hydrogens is 304 g/mol. The Morgan fingerprint density at radius 3 is 2.96 bits per heavy atom. The molecule has 6 nitrogen and oxygen atoms in total. The second kappa shape index (κ2) is 6.36. The van der Waals surface area contributed by atoms with Gasteiger partial charge in [-0.05, 0) is 31.2 Å². The van der Waals surface area contributed by atoms with Crippen molar-refractivity contribution in [3.8, 4) is 0 Å². The summed E-state index contributed by atoms with van der Waals surface area (Å²) in [5.74, 6) is 2.22. The number of H-pyrrole nitrogens is 1. The summed E-state index contributed by atoms with van der Waals surface area (Å²) in [4.78, 5) is 18.9. The molecule has 4 rings (SSSR count). The molecule has 1 aromatic carbocycles. The second-order valence-electron chi connectivity index (χ2n) is 6.73. The van der Waals surface area contributed by atoms with E-state index >= 15 is 0 Å². The van der Waals surface area contributed by atoms with Gasteiger partial charge in [0.05, 0.1) is 12.5 Å². The van der Waals surface area contributed by atoms with Crippen LogP contribution in [0, 0.1) is 12.8 Å². The summed E-state index contributed by atoms with van der Waals surface area (Å²) in [5.41, 5.74) is 1.06. The minimum absolute atomic E-state index is 0.0471. The maximum Gasteiger partial charge on any atom is 0.227 e. The summed E-state index contributed by atoms with van der Waals surface area (Å²) in [6.07, 6.45) is 2.45. The minimum atomic E-state index is -0.0471. The number of aromatic nitrogens is 3. The first-order chi connectivity index (χ1) is 11.7. The summed E-state index contributed by atoms with van der Waals surface area (Å²) in [5, 5.41) is 7.10. The predicted molar refractivity (Wildman–Crippen MR) is 88.2 cm³/mol. The van der Waals surface area contributed by atoms with Crippen LogP contribution in [-0.2, 0) is 16.0 Å². The number of hydrogen-bond acceptors (Lipinski definition) is 4. The number of nitrogens with zero attached hydrogens (tertiary/aromatic N) is 3. The van der Waals surface area contributed by atoms with Crippen molar-refractivity contribution in [1.29, 1.82) is 0 Å². The molecule has 3 heterocycles. The van der Waals surface area contributed by atoms with Gasteiger partial charge in [0.2, 0.25) is 5.91 Å². The summed E-state index contributed by atoms with van der Waals surface area (Å²) < 4.78 is 6.16. The first kappa shape index (κ1) is 15.3. The zero-order valence-corrected chi connectivity index (χ0v) is 13.8. The number of benzene rings is 1. The van der Waals surface area contributed by atoms with Crippen LogP contribution in [-0.4, -0.2) is 45.2 Å². The number of fused-ring (bicyclic) bond motifs is 1. The summed E-state index contributed by atoms with van der Waals surface area (Å²) in [6.45, 7) is 3.38. The highest BCUT2D eigenvalue weighted by Crippen LogP contribution is 2.39. The van der Waals surface area contributed by atoms with Crippen LogP contribution in [0.15, 0.2) is 30.3 Å². The van der Waals surface area contributed by atoms with Crippen molar-refractivity contribution < 1.29 is 9.53 Å². The van der Waals surface area contributed by atoms with E-state index in [2.05, 4.69) is 15.2 Å². The molecule has 126 valence electrons. The Labute approximate surface area is 141 Å². The molecule has 2 aromatic rings. The molecule has 1 N–H and O–H groups in total. The molecular formula is C18H22N4O2. The van der Waals surface area contributed by atoms with Crippen LogP contribution in [0.25, 0.3) is 0 Å². The third-order valence-electron chi connectivity index (χ3n) is 5.01. The first-order valence-electron chi connectivity index (χ1n) is 8.55. The van der Waals surface area contributed by atoms with Crippen molar-refractivity contribution in [3.05, 3.63) is 47.5 Å². The van der Waals surface area contributed by atoms with Crippen molar-refractivity contribution in [2.75, 3.05) is 13.1 Å². The number of carbonyl (C=O) groups excluding carboxylic acids is 1. The van der Waals surface area contributed by atoms with Gasteiger partial charge < -0.3 is 9.64 Å². The maximum absolute atomic E-state index is 12.6. The zero-order chi connectivity index (χ0) is 16.5. The van der Waals surface area contributed by atoms with E-state index in [-0.39, 0.29) is 18.1 Å². The standard InChI is InChI=1S/C18H22N4O2/c1-12-19-18(21-20-12)15-10-14-7-8-22(11-16(14)24-15)17(23)9-13-5-3-2-4-6-13/h2-6,14-16H,7-11H2,1H3,(H,19,20,21)/t14-,15+,16+/m1/s1. The summed E-state index contributed by atoms with van der Waals surface area (Å²) in [6, 6.07) is 9.91. The van der Waals surface area contributed by atoms with Gasteiger partial charge in [0.15, 0.2) is 5.82 Å². The largest absolute Gasteiger partial charge is 0.365 e. The molecule has 2 aliphatic rings. The highest BCUT2D eigenvalue weighted by molar-refractivity contribution is 5.78. The Hall–Kier alpha value is -2.21. The Kier molecular flexibility index (Phi) is 4.06. The highest BCUT2D eigenvalue weighted by atomic mass is 16.5. The Balaban J connectivity index is 1.38. The highest BCUT2D eigenvalue weighted by Gasteiger charge is 2.41. The number of ether oxygens (including phenoxy) is 1. The number of hydrogen-bond donors (Lipinski definition) is 1. The molecule has 1 aromatic heterocycles. The fourth-order valence-electron chi connectivity index (χ4n) is 3.71.